The Kier molecular flexibility index (Phi) is 5.65. The Bertz CT molecular complexity index is 858. The van der Waals surface area contributed by atoms with Crippen molar-refractivity contribution in [3.8, 4) is 0 Å². The predicted molar refractivity (Wildman–Crippen MR) is 107 cm³/mol. The molecule has 2 unspecified atom stereocenters. The van der Waals surface area contributed by atoms with Crippen LogP contribution in [0.25, 0.3) is 0 Å². The summed E-state index contributed by atoms with van der Waals surface area (Å²) in [5.41, 5.74) is 1.36. The molecule has 0 spiro atoms. The number of hydrogen-bond acceptors (Lipinski definition) is 5. The fraction of sp³-hybridized carbons (Fsp3) is 0.545. The van der Waals surface area contributed by atoms with Crippen LogP contribution in [0.15, 0.2) is 34.9 Å². The first-order valence-corrected chi connectivity index (χ1v) is 10.4. The van der Waals surface area contributed by atoms with Crippen molar-refractivity contribution < 1.29 is 14.1 Å². The Labute approximate surface area is 171 Å². The molecule has 7 nitrogen and oxygen atoms in total. The van der Waals surface area contributed by atoms with Gasteiger partial charge in [-0.05, 0) is 37.7 Å². The summed E-state index contributed by atoms with van der Waals surface area (Å²) in [6.45, 7) is 5.71. The quantitative estimate of drug-likeness (QED) is 0.793. The molecular formula is C22H28N4O3. The van der Waals surface area contributed by atoms with E-state index in [9.17, 15) is 9.59 Å². The minimum Gasteiger partial charge on any atom is -0.342 e. The zero-order valence-electron chi connectivity index (χ0n) is 17.1. The van der Waals surface area contributed by atoms with Gasteiger partial charge in [0.05, 0.1) is 11.8 Å². The normalized spacial score (nSPS) is 22.8. The average molecular weight is 396 g/mol. The van der Waals surface area contributed by atoms with Crippen LogP contribution in [0, 0.1) is 18.8 Å². The fourth-order valence-electron chi connectivity index (χ4n) is 4.56. The Morgan fingerprint density at radius 3 is 2.45 bits per heavy atom. The van der Waals surface area contributed by atoms with Crippen LogP contribution in [-0.2, 0) is 16.0 Å². The second-order valence-corrected chi connectivity index (χ2v) is 8.28. The summed E-state index contributed by atoms with van der Waals surface area (Å²) >= 11 is 0. The van der Waals surface area contributed by atoms with E-state index >= 15 is 0 Å². The molecule has 7 heteroatoms. The molecule has 2 amide bonds. The van der Waals surface area contributed by atoms with Crippen molar-refractivity contribution in [3.63, 3.8) is 0 Å². The molecule has 3 heterocycles. The molecule has 1 aromatic carbocycles. The van der Waals surface area contributed by atoms with Crippen LogP contribution in [0.5, 0.6) is 0 Å². The number of hydrogen-bond donors (Lipinski definition) is 0. The maximum absolute atomic E-state index is 13.3. The number of carbonyl (C=O) groups is 2. The first-order valence-electron chi connectivity index (χ1n) is 10.4. The molecule has 2 aliphatic rings. The summed E-state index contributed by atoms with van der Waals surface area (Å²) in [5, 5.41) is 3.87. The van der Waals surface area contributed by atoms with Gasteiger partial charge in [0.1, 0.15) is 0 Å². The molecule has 0 aliphatic carbocycles. The highest BCUT2D eigenvalue weighted by molar-refractivity contribution is 5.82. The van der Waals surface area contributed by atoms with Gasteiger partial charge in [-0.25, -0.2) is 0 Å². The van der Waals surface area contributed by atoms with E-state index in [1.807, 2.05) is 11.0 Å². The second kappa shape index (κ2) is 8.35. The highest BCUT2D eigenvalue weighted by Gasteiger charge is 2.44. The van der Waals surface area contributed by atoms with Crippen LogP contribution in [-0.4, -0.2) is 57.9 Å². The van der Waals surface area contributed by atoms with Gasteiger partial charge in [0, 0.05) is 33.1 Å². The summed E-state index contributed by atoms with van der Waals surface area (Å²) in [4.78, 5) is 33.3. The Morgan fingerprint density at radius 1 is 1.10 bits per heavy atom. The largest absolute Gasteiger partial charge is 0.342 e. The molecule has 0 N–H and O–H groups in total. The topological polar surface area (TPSA) is 79.5 Å². The molecule has 2 fully saturated rings. The van der Waals surface area contributed by atoms with E-state index < -0.39 is 0 Å². The standard InChI is InChI=1S/C22H28N4O3/c1-15-23-21(29-24-15)19-13-26(16(2)27)14-20(19)22(28)25-10-8-18(9-11-25)12-17-6-4-3-5-7-17/h3-7,18-20H,8-14H2,1-2H3. The van der Waals surface area contributed by atoms with E-state index in [-0.39, 0.29) is 23.7 Å². The molecule has 1 aromatic heterocycles. The highest BCUT2D eigenvalue weighted by atomic mass is 16.5. The highest BCUT2D eigenvalue weighted by Crippen LogP contribution is 2.34. The maximum Gasteiger partial charge on any atom is 0.232 e. The monoisotopic (exact) mass is 396 g/mol. The van der Waals surface area contributed by atoms with Gasteiger partial charge >= 0.3 is 0 Å². The van der Waals surface area contributed by atoms with Crippen molar-refractivity contribution in [1.82, 2.24) is 19.9 Å². The fourth-order valence-corrected chi connectivity index (χ4v) is 4.56. The van der Waals surface area contributed by atoms with Crippen molar-refractivity contribution in [1.29, 1.82) is 0 Å². The van der Waals surface area contributed by atoms with E-state index in [1.54, 1.807) is 11.8 Å². The van der Waals surface area contributed by atoms with Crippen LogP contribution < -0.4 is 0 Å². The van der Waals surface area contributed by atoms with Gasteiger partial charge in [0.25, 0.3) is 0 Å². The van der Waals surface area contributed by atoms with E-state index in [2.05, 4.69) is 34.4 Å². The van der Waals surface area contributed by atoms with Crippen molar-refractivity contribution in [3.05, 3.63) is 47.6 Å². The molecule has 2 aromatic rings. The van der Waals surface area contributed by atoms with Crippen molar-refractivity contribution in [2.75, 3.05) is 26.2 Å². The second-order valence-electron chi connectivity index (χ2n) is 8.28. The number of benzene rings is 1. The van der Waals surface area contributed by atoms with Gasteiger partial charge in [-0.1, -0.05) is 35.5 Å². The number of amides is 2. The summed E-state index contributed by atoms with van der Waals surface area (Å²) in [7, 11) is 0. The minimum atomic E-state index is -0.315. The summed E-state index contributed by atoms with van der Waals surface area (Å²) < 4.78 is 5.36. The minimum absolute atomic E-state index is 0.0249. The van der Waals surface area contributed by atoms with Crippen LogP contribution >= 0.6 is 0 Å². The number of likely N-dealkylation sites (tertiary alicyclic amines) is 2. The Balaban J connectivity index is 1.40. The third-order valence-corrected chi connectivity index (χ3v) is 6.24. The lowest BCUT2D eigenvalue weighted by molar-refractivity contribution is -0.137. The maximum atomic E-state index is 13.3. The van der Waals surface area contributed by atoms with E-state index in [0.717, 1.165) is 32.4 Å². The molecule has 2 aliphatic heterocycles. The lowest BCUT2D eigenvalue weighted by Gasteiger charge is -2.34. The third-order valence-electron chi connectivity index (χ3n) is 6.24. The van der Waals surface area contributed by atoms with Gasteiger partial charge in [0.2, 0.25) is 17.7 Å². The summed E-state index contributed by atoms with van der Waals surface area (Å²) in [6.07, 6.45) is 3.08. The number of aromatic nitrogens is 2. The third kappa shape index (κ3) is 4.33. The van der Waals surface area contributed by atoms with Gasteiger partial charge in [0.15, 0.2) is 5.82 Å². The number of carbonyl (C=O) groups excluding carboxylic acids is 2. The van der Waals surface area contributed by atoms with Gasteiger partial charge < -0.3 is 14.3 Å². The molecule has 0 saturated carbocycles. The van der Waals surface area contributed by atoms with E-state index in [0.29, 0.717) is 30.7 Å². The zero-order chi connectivity index (χ0) is 20.4. The van der Waals surface area contributed by atoms with Crippen molar-refractivity contribution >= 4 is 11.8 Å². The predicted octanol–water partition coefficient (Wildman–Crippen LogP) is 2.42. The van der Waals surface area contributed by atoms with Crippen LogP contribution in [0.2, 0.25) is 0 Å². The van der Waals surface area contributed by atoms with E-state index in [4.69, 9.17) is 4.52 Å². The van der Waals surface area contributed by atoms with Crippen molar-refractivity contribution in [2.45, 2.75) is 39.0 Å². The zero-order valence-corrected chi connectivity index (χ0v) is 17.1. The number of rotatable bonds is 4. The summed E-state index contributed by atoms with van der Waals surface area (Å²) in [5.74, 6) is 1.15. The first kappa shape index (κ1) is 19.6. The Hall–Kier alpha value is -2.70. The van der Waals surface area contributed by atoms with Gasteiger partial charge in [-0.3, -0.25) is 9.59 Å². The number of piperidine rings is 1. The first-order chi connectivity index (χ1) is 14.0. The molecule has 0 radical (unpaired) electrons. The Morgan fingerprint density at radius 2 is 1.83 bits per heavy atom. The molecule has 0 bridgehead atoms. The smallest absolute Gasteiger partial charge is 0.232 e. The van der Waals surface area contributed by atoms with Crippen LogP contribution in [0.4, 0.5) is 0 Å². The lowest BCUT2D eigenvalue weighted by Crippen LogP contribution is -2.44. The number of aryl methyl sites for hydroxylation is 1. The lowest BCUT2D eigenvalue weighted by atomic mass is 9.88. The van der Waals surface area contributed by atoms with E-state index in [1.165, 1.54) is 12.5 Å². The molecule has 4 rings (SSSR count). The van der Waals surface area contributed by atoms with Crippen LogP contribution in [0.1, 0.15) is 43.0 Å². The van der Waals surface area contributed by atoms with Crippen molar-refractivity contribution in [2.24, 2.45) is 11.8 Å². The molecule has 2 atom stereocenters. The van der Waals surface area contributed by atoms with Gasteiger partial charge in [-0.2, -0.15) is 4.98 Å². The van der Waals surface area contributed by atoms with Crippen LogP contribution in [0.3, 0.4) is 0 Å². The molecular weight excluding hydrogens is 368 g/mol. The number of nitrogens with zero attached hydrogens (tertiary/aromatic N) is 4. The SMILES string of the molecule is CC(=O)N1CC(C(=O)N2CCC(Cc3ccccc3)CC2)C(c2nc(C)no2)C1. The molecule has 2 saturated heterocycles. The molecule has 154 valence electrons. The molecule has 29 heavy (non-hydrogen) atoms. The summed E-state index contributed by atoms with van der Waals surface area (Å²) in [6, 6.07) is 10.5. The average Bonchev–Trinajstić information content (AvgIpc) is 3.35. The van der Waals surface area contributed by atoms with Gasteiger partial charge in [-0.15, -0.1) is 0 Å².